The molecule has 4 heteroatoms. The van der Waals surface area contributed by atoms with Crippen molar-refractivity contribution in [3.8, 4) is 5.69 Å². The summed E-state index contributed by atoms with van der Waals surface area (Å²) < 4.78 is 1.92. The van der Waals surface area contributed by atoms with Crippen LogP contribution in [0.3, 0.4) is 0 Å². The van der Waals surface area contributed by atoms with Crippen LogP contribution in [-0.4, -0.2) is 15.8 Å². The summed E-state index contributed by atoms with van der Waals surface area (Å²) in [5.74, 6) is 0. The standard InChI is InChI=1S/C16H20ClN3/c1-10-8-15(20-12(3)16(17)11(2)19-20)7-4-13(10)9-18-14-5-6-14/h4,7-8,14,18H,5-6,9H2,1-3H3. The van der Waals surface area contributed by atoms with Crippen molar-refractivity contribution in [1.82, 2.24) is 15.1 Å². The van der Waals surface area contributed by atoms with Gasteiger partial charge in [0.25, 0.3) is 0 Å². The third-order valence-corrected chi connectivity index (χ3v) is 4.48. The second kappa shape index (κ2) is 5.23. The molecule has 0 atom stereocenters. The highest BCUT2D eigenvalue weighted by molar-refractivity contribution is 6.31. The molecule has 0 unspecified atom stereocenters. The second-order valence-electron chi connectivity index (χ2n) is 5.66. The predicted molar refractivity (Wildman–Crippen MR) is 82.6 cm³/mol. The average molecular weight is 290 g/mol. The first kappa shape index (κ1) is 13.7. The summed E-state index contributed by atoms with van der Waals surface area (Å²) in [6.07, 6.45) is 2.64. The molecule has 106 valence electrons. The number of benzene rings is 1. The largest absolute Gasteiger partial charge is 0.310 e. The van der Waals surface area contributed by atoms with E-state index < -0.39 is 0 Å². The molecule has 2 aromatic rings. The minimum absolute atomic E-state index is 0.740. The summed E-state index contributed by atoms with van der Waals surface area (Å²) in [6, 6.07) is 7.22. The van der Waals surface area contributed by atoms with Crippen LogP contribution < -0.4 is 5.32 Å². The molecule has 1 saturated carbocycles. The van der Waals surface area contributed by atoms with E-state index in [1.54, 1.807) is 0 Å². The zero-order valence-corrected chi connectivity index (χ0v) is 13.0. The molecule has 1 fully saturated rings. The first-order chi connectivity index (χ1) is 9.56. The second-order valence-corrected chi connectivity index (χ2v) is 6.04. The minimum atomic E-state index is 0.740. The van der Waals surface area contributed by atoms with Gasteiger partial charge < -0.3 is 5.32 Å². The van der Waals surface area contributed by atoms with Gasteiger partial charge in [-0.15, -0.1) is 0 Å². The van der Waals surface area contributed by atoms with Gasteiger partial charge in [-0.3, -0.25) is 0 Å². The van der Waals surface area contributed by atoms with Gasteiger partial charge in [-0.2, -0.15) is 5.10 Å². The molecular formula is C16H20ClN3. The van der Waals surface area contributed by atoms with Gasteiger partial charge in [0.2, 0.25) is 0 Å². The van der Waals surface area contributed by atoms with E-state index in [-0.39, 0.29) is 0 Å². The summed E-state index contributed by atoms with van der Waals surface area (Å²) in [5.41, 5.74) is 5.59. The smallest absolute Gasteiger partial charge is 0.0848 e. The molecular weight excluding hydrogens is 270 g/mol. The van der Waals surface area contributed by atoms with Gasteiger partial charge in [0, 0.05) is 12.6 Å². The first-order valence-electron chi connectivity index (χ1n) is 7.11. The summed E-state index contributed by atoms with van der Waals surface area (Å²) in [5, 5.41) is 8.81. The summed E-state index contributed by atoms with van der Waals surface area (Å²) in [4.78, 5) is 0. The molecule has 3 nitrogen and oxygen atoms in total. The van der Waals surface area contributed by atoms with E-state index in [0.29, 0.717) is 0 Å². The van der Waals surface area contributed by atoms with E-state index in [2.05, 4.69) is 35.5 Å². The van der Waals surface area contributed by atoms with Gasteiger partial charge in [0.05, 0.1) is 22.1 Å². The number of nitrogens with zero attached hydrogens (tertiary/aromatic N) is 2. The van der Waals surface area contributed by atoms with Crippen molar-refractivity contribution < 1.29 is 0 Å². The number of rotatable bonds is 4. The molecule has 1 heterocycles. The van der Waals surface area contributed by atoms with E-state index in [9.17, 15) is 0 Å². The van der Waals surface area contributed by atoms with Crippen LogP contribution in [0.4, 0.5) is 0 Å². The Morgan fingerprint density at radius 1 is 1.30 bits per heavy atom. The molecule has 20 heavy (non-hydrogen) atoms. The van der Waals surface area contributed by atoms with Crippen molar-refractivity contribution in [3.05, 3.63) is 45.7 Å². The molecule has 0 saturated heterocycles. The van der Waals surface area contributed by atoms with Gasteiger partial charge in [0.1, 0.15) is 0 Å². The SMILES string of the molecule is Cc1cc(-n2nc(C)c(Cl)c2C)ccc1CNC1CC1. The van der Waals surface area contributed by atoms with Crippen molar-refractivity contribution in [2.24, 2.45) is 0 Å². The molecule has 1 aliphatic carbocycles. The normalized spacial score (nSPS) is 14.8. The van der Waals surface area contributed by atoms with E-state index >= 15 is 0 Å². The maximum Gasteiger partial charge on any atom is 0.0848 e. The molecule has 0 amide bonds. The third-order valence-electron chi connectivity index (χ3n) is 3.93. The lowest BCUT2D eigenvalue weighted by Crippen LogP contribution is -2.16. The van der Waals surface area contributed by atoms with Gasteiger partial charge in [-0.1, -0.05) is 17.7 Å². The van der Waals surface area contributed by atoms with Crippen molar-refractivity contribution in [1.29, 1.82) is 0 Å². The number of aryl methyl sites for hydroxylation is 2. The number of hydrogen-bond acceptors (Lipinski definition) is 2. The Hall–Kier alpha value is -1.32. The molecule has 1 aromatic carbocycles. The van der Waals surface area contributed by atoms with Crippen LogP contribution in [-0.2, 0) is 6.54 Å². The van der Waals surface area contributed by atoms with Gasteiger partial charge in [0.15, 0.2) is 0 Å². The highest BCUT2D eigenvalue weighted by Gasteiger charge is 2.20. The van der Waals surface area contributed by atoms with Gasteiger partial charge in [-0.25, -0.2) is 4.68 Å². The maximum atomic E-state index is 6.22. The van der Waals surface area contributed by atoms with Crippen LogP contribution in [0.2, 0.25) is 5.02 Å². The zero-order valence-electron chi connectivity index (χ0n) is 12.2. The molecule has 0 radical (unpaired) electrons. The van der Waals surface area contributed by atoms with Crippen molar-refractivity contribution in [2.45, 2.75) is 46.2 Å². The average Bonchev–Trinajstić information content (AvgIpc) is 3.21. The van der Waals surface area contributed by atoms with Crippen LogP contribution in [0.15, 0.2) is 18.2 Å². The zero-order chi connectivity index (χ0) is 14.3. The lowest BCUT2D eigenvalue weighted by molar-refractivity contribution is 0.684. The lowest BCUT2D eigenvalue weighted by atomic mass is 10.1. The maximum absolute atomic E-state index is 6.22. The number of aromatic nitrogens is 2. The van der Waals surface area contributed by atoms with Crippen LogP contribution in [0, 0.1) is 20.8 Å². The minimum Gasteiger partial charge on any atom is -0.310 e. The summed E-state index contributed by atoms with van der Waals surface area (Å²) in [7, 11) is 0. The van der Waals surface area contributed by atoms with E-state index in [1.165, 1.54) is 24.0 Å². The van der Waals surface area contributed by atoms with E-state index in [4.69, 9.17) is 11.6 Å². The Morgan fingerprint density at radius 2 is 2.05 bits per heavy atom. The van der Waals surface area contributed by atoms with Crippen LogP contribution in [0.5, 0.6) is 0 Å². The molecule has 3 rings (SSSR count). The molecule has 0 bridgehead atoms. The fourth-order valence-electron chi connectivity index (χ4n) is 2.43. The van der Waals surface area contributed by atoms with Crippen molar-refractivity contribution in [2.75, 3.05) is 0 Å². The quantitative estimate of drug-likeness (QED) is 0.930. The third kappa shape index (κ3) is 2.60. The summed E-state index contributed by atoms with van der Waals surface area (Å²) in [6.45, 7) is 7.04. The van der Waals surface area contributed by atoms with Gasteiger partial charge >= 0.3 is 0 Å². The fourth-order valence-corrected chi connectivity index (χ4v) is 2.54. The lowest BCUT2D eigenvalue weighted by Gasteiger charge is -2.10. The number of nitrogens with one attached hydrogen (secondary N) is 1. The van der Waals surface area contributed by atoms with Gasteiger partial charge in [-0.05, 0) is 56.9 Å². The topological polar surface area (TPSA) is 29.9 Å². The van der Waals surface area contributed by atoms with Crippen LogP contribution >= 0.6 is 11.6 Å². The molecule has 1 aromatic heterocycles. The Labute approximate surface area is 124 Å². The molecule has 1 N–H and O–H groups in total. The van der Waals surface area contributed by atoms with E-state index in [1.807, 2.05) is 18.5 Å². The van der Waals surface area contributed by atoms with Crippen molar-refractivity contribution in [3.63, 3.8) is 0 Å². The first-order valence-corrected chi connectivity index (χ1v) is 7.49. The Balaban J connectivity index is 1.86. The monoisotopic (exact) mass is 289 g/mol. The molecule has 0 spiro atoms. The van der Waals surface area contributed by atoms with Crippen LogP contribution in [0.1, 0.15) is 35.4 Å². The number of hydrogen-bond donors (Lipinski definition) is 1. The Bertz CT molecular complexity index is 641. The Kier molecular flexibility index (Phi) is 3.57. The highest BCUT2D eigenvalue weighted by Crippen LogP contribution is 2.24. The van der Waals surface area contributed by atoms with E-state index in [0.717, 1.165) is 34.7 Å². The van der Waals surface area contributed by atoms with Crippen molar-refractivity contribution >= 4 is 11.6 Å². The predicted octanol–water partition coefficient (Wildman–Crippen LogP) is 3.70. The molecule has 0 aliphatic heterocycles. The fraction of sp³-hybridized carbons (Fsp3) is 0.438. The number of halogens is 1. The van der Waals surface area contributed by atoms with Crippen LogP contribution in [0.25, 0.3) is 5.69 Å². The Morgan fingerprint density at radius 3 is 2.60 bits per heavy atom. The summed E-state index contributed by atoms with van der Waals surface area (Å²) >= 11 is 6.22. The molecule has 1 aliphatic rings. The highest BCUT2D eigenvalue weighted by atomic mass is 35.5.